The Hall–Kier alpha value is -7.16. The summed E-state index contributed by atoms with van der Waals surface area (Å²) in [4.78, 5) is 2.33. The number of anilines is 3. The zero-order chi connectivity index (χ0) is 38.1. The molecule has 1 aromatic heterocycles. The topological polar surface area (TPSA) is 16.4 Å². The molecule has 270 valence electrons. The van der Waals surface area contributed by atoms with Gasteiger partial charge in [-0.15, -0.1) is 0 Å². The van der Waals surface area contributed by atoms with Crippen molar-refractivity contribution in [2.45, 2.75) is 19.3 Å². The molecule has 0 amide bonds. The molecule has 0 radical (unpaired) electrons. The zero-order valence-electron chi connectivity index (χ0n) is 31.9. The standard InChI is InChI=1S/C55H39NO/c1-55(2)48-34-28-41(37-15-7-4-8-16-37)35-47(48)53-44(33-27-40-17-11-20-49(55)52(40)53)39-25-31-43(32-26-39)56(42-29-23-38(24-30-42)36-13-5-3-6-14-36)50-21-12-19-46-45-18-9-10-22-51(45)57-54(46)50/h3-35H,1-2H3. The van der Waals surface area contributed by atoms with Gasteiger partial charge >= 0.3 is 0 Å². The van der Waals surface area contributed by atoms with Crippen LogP contribution in [0.15, 0.2) is 205 Å². The highest BCUT2D eigenvalue weighted by Gasteiger charge is 2.35. The summed E-state index contributed by atoms with van der Waals surface area (Å²) >= 11 is 0. The first-order valence-corrected chi connectivity index (χ1v) is 19.8. The molecule has 0 saturated carbocycles. The summed E-state index contributed by atoms with van der Waals surface area (Å²) in [5, 5.41) is 4.84. The molecule has 57 heavy (non-hydrogen) atoms. The van der Waals surface area contributed by atoms with E-state index in [1.54, 1.807) is 0 Å². The van der Waals surface area contributed by atoms with Crippen LogP contribution < -0.4 is 4.90 Å². The average molecular weight is 730 g/mol. The zero-order valence-corrected chi connectivity index (χ0v) is 31.9. The molecule has 2 heteroatoms. The van der Waals surface area contributed by atoms with Gasteiger partial charge in [0.15, 0.2) is 5.58 Å². The van der Waals surface area contributed by atoms with Gasteiger partial charge < -0.3 is 9.32 Å². The maximum absolute atomic E-state index is 6.63. The van der Waals surface area contributed by atoms with Crippen molar-refractivity contribution in [2.24, 2.45) is 0 Å². The first-order chi connectivity index (χ1) is 28.0. The van der Waals surface area contributed by atoms with Crippen LogP contribution in [0.4, 0.5) is 17.1 Å². The fourth-order valence-electron chi connectivity index (χ4n) is 9.23. The smallest absolute Gasteiger partial charge is 0.159 e. The molecule has 1 aliphatic carbocycles. The molecule has 0 fully saturated rings. The van der Waals surface area contributed by atoms with Crippen molar-refractivity contribution in [1.82, 2.24) is 0 Å². The predicted molar refractivity (Wildman–Crippen MR) is 240 cm³/mol. The number of para-hydroxylation sites is 2. The Balaban J connectivity index is 1.08. The lowest BCUT2D eigenvalue weighted by atomic mass is 9.67. The molecule has 11 rings (SSSR count). The van der Waals surface area contributed by atoms with E-state index < -0.39 is 0 Å². The molecule has 2 nitrogen and oxygen atoms in total. The maximum Gasteiger partial charge on any atom is 0.159 e. The maximum atomic E-state index is 6.63. The van der Waals surface area contributed by atoms with Crippen molar-refractivity contribution in [3.05, 3.63) is 211 Å². The molecule has 0 atom stereocenters. The number of furan rings is 1. The van der Waals surface area contributed by atoms with Crippen LogP contribution in [-0.4, -0.2) is 0 Å². The minimum absolute atomic E-state index is 0.145. The molecule has 0 bridgehead atoms. The second-order valence-electron chi connectivity index (χ2n) is 15.7. The van der Waals surface area contributed by atoms with Crippen molar-refractivity contribution >= 4 is 49.8 Å². The predicted octanol–water partition coefficient (Wildman–Crippen LogP) is 15.5. The molecule has 10 aromatic rings. The van der Waals surface area contributed by atoms with Gasteiger partial charge in [0.05, 0.1) is 5.69 Å². The lowest BCUT2D eigenvalue weighted by molar-refractivity contribution is 0.645. The van der Waals surface area contributed by atoms with Gasteiger partial charge in [-0.3, -0.25) is 0 Å². The molecule has 1 heterocycles. The second kappa shape index (κ2) is 13.0. The summed E-state index contributed by atoms with van der Waals surface area (Å²) in [5.74, 6) is 0. The van der Waals surface area contributed by atoms with Crippen LogP contribution in [-0.2, 0) is 5.41 Å². The van der Waals surface area contributed by atoms with Crippen molar-refractivity contribution in [1.29, 1.82) is 0 Å². The van der Waals surface area contributed by atoms with E-state index in [-0.39, 0.29) is 5.41 Å². The largest absolute Gasteiger partial charge is 0.454 e. The van der Waals surface area contributed by atoms with E-state index in [0.717, 1.165) is 39.0 Å². The average Bonchev–Trinajstić information content (AvgIpc) is 3.66. The van der Waals surface area contributed by atoms with Gasteiger partial charge in [0.2, 0.25) is 0 Å². The van der Waals surface area contributed by atoms with Crippen LogP contribution in [0.25, 0.3) is 77.2 Å². The van der Waals surface area contributed by atoms with Crippen LogP contribution in [0.1, 0.15) is 25.0 Å². The summed E-state index contributed by atoms with van der Waals surface area (Å²) in [6, 6.07) is 72.5. The number of hydrogen-bond acceptors (Lipinski definition) is 2. The van der Waals surface area contributed by atoms with Crippen LogP contribution in [0.3, 0.4) is 0 Å². The van der Waals surface area contributed by atoms with Crippen molar-refractivity contribution in [3.8, 4) is 44.5 Å². The monoisotopic (exact) mass is 729 g/mol. The number of benzene rings is 9. The minimum atomic E-state index is -0.145. The van der Waals surface area contributed by atoms with E-state index in [1.807, 2.05) is 6.07 Å². The number of rotatable bonds is 6. The summed E-state index contributed by atoms with van der Waals surface area (Å²) < 4.78 is 6.63. The molecule has 0 N–H and O–H groups in total. The van der Waals surface area contributed by atoms with E-state index in [2.05, 4.69) is 213 Å². The van der Waals surface area contributed by atoms with E-state index in [9.17, 15) is 0 Å². The number of hydrogen-bond donors (Lipinski definition) is 0. The Bertz CT molecular complexity index is 3120. The third-order valence-electron chi connectivity index (χ3n) is 12.1. The Morgan fingerprint density at radius 1 is 0.421 bits per heavy atom. The molecule has 0 saturated heterocycles. The first kappa shape index (κ1) is 33.2. The summed E-state index contributed by atoms with van der Waals surface area (Å²) in [6.07, 6.45) is 0. The Morgan fingerprint density at radius 2 is 1.02 bits per heavy atom. The van der Waals surface area contributed by atoms with Gasteiger partial charge in [-0.05, 0) is 109 Å². The molecular weight excluding hydrogens is 691 g/mol. The second-order valence-corrected chi connectivity index (χ2v) is 15.7. The summed E-state index contributed by atoms with van der Waals surface area (Å²) in [7, 11) is 0. The number of nitrogens with zero attached hydrogens (tertiary/aromatic N) is 1. The van der Waals surface area contributed by atoms with Crippen molar-refractivity contribution in [3.63, 3.8) is 0 Å². The minimum Gasteiger partial charge on any atom is -0.454 e. The van der Waals surface area contributed by atoms with Crippen molar-refractivity contribution in [2.75, 3.05) is 4.90 Å². The number of fused-ring (bicyclic) bond motifs is 5. The van der Waals surface area contributed by atoms with E-state index in [4.69, 9.17) is 4.42 Å². The highest BCUT2D eigenvalue weighted by Crippen LogP contribution is 2.53. The van der Waals surface area contributed by atoms with Crippen LogP contribution >= 0.6 is 0 Å². The van der Waals surface area contributed by atoms with Gasteiger partial charge in [-0.1, -0.05) is 172 Å². The van der Waals surface area contributed by atoms with Gasteiger partial charge in [0.1, 0.15) is 5.58 Å². The quantitative estimate of drug-likeness (QED) is 0.169. The van der Waals surface area contributed by atoms with E-state index in [1.165, 1.54) is 66.4 Å². The van der Waals surface area contributed by atoms with E-state index in [0.29, 0.717) is 0 Å². The third kappa shape index (κ3) is 5.33. The lowest BCUT2D eigenvalue weighted by Gasteiger charge is -2.36. The molecule has 9 aromatic carbocycles. The molecule has 0 unspecified atom stereocenters. The third-order valence-corrected chi connectivity index (χ3v) is 12.1. The molecule has 0 spiro atoms. The van der Waals surface area contributed by atoms with Gasteiger partial charge in [0, 0.05) is 27.6 Å². The Labute approximate surface area is 332 Å². The van der Waals surface area contributed by atoms with Crippen LogP contribution in [0.5, 0.6) is 0 Å². The highest BCUT2D eigenvalue weighted by atomic mass is 16.3. The summed E-state index contributed by atoms with van der Waals surface area (Å²) in [5.41, 5.74) is 17.3. The lowest BCUT2D eigenvalue weighted by Crippen LogP contribution is -2.24. The fourth-order valence-corrected chi connectivity index (χ4v) is 9.23. The van der Waals surface area contributed by atoms with Crippen molar-refractivity contribution < 1.29 is 4.42 Å². The molecule has 0 aliphatic heterocycles. The van der Waals surface area contributed by atoms with Crippen LogP contribution in [0.2, 0.25) is 0 Å². The molecule has 1 aliphatic rings. The van der Waals surface area contributed by atoms with E-state index >= 15 is 0 Å². The van der Waals surface area contributed by atoms with Gasteiger partial charge in [0.25, 0.3) is 0 Å². The normalized spacial score (nSPS) is 12.9. The first-order valence-electron chi connectivity index (χ1n) is 19.8. The highest BCUT2D eigenvalue weighted by molar-refractivity contribution is 6.11. The van der Waals surface area contributed by atoms with Gasteiger partial charge in [-0.2, -0.15) is 0 Å². The fraction of sp³-hybridized carbons (Fsp3) is 0.0545. The SMILES string of the molecule is CC1(C)c2ccc(-c3ccccc3)cc2-c2c(-c3ccc(N(c4ccc(-c5ccccc5)cc4)c4cccc5c4oc4ccccc45)cc3)ccc3cccc1c23. The Morgan fingerprint density at radius 3 is 1.75 bits per heavy atom. The Kier molecular flexibility index (Phi) is 7.55. The molecular formula is C55H39NO. The summed E-state index contributed by atoms with van der Waals surface area (Å²) in [6.45, 7) is 4.74. The van der Waals surface area contributed by atoms with Gasteiger partial charge in [-0.25, -0.2) is 0 Å². The van der Waals surface area contributed by atoms with Crippen LogP contribution in [0, 0.1) is 0 Å².